The van der Waals surface area contributed by atoms with Gasteiger partial charge in [0.25, 0.3) is 0 Å². The number of hydrogen-bond donors (Lipinski definition) is 1. The predicted molar refractivity (Wildman–Crippen MR) is 168 cm³/mol. The van der Waals surface area contributed by atoms with Gasteiger partial charge in [0.15, 0.2) is 0 Å². The molecule has 0 spiro atoms. The standard InChI is InChI=1S/C31H42Cl3N3O3S/c1-36(41(39,40)31-27(33)21-25(32)22-28(31)34)18-8-3-7-13-29(38)35-26-16-14-24(15-17-26)30(23-11-5-2-6-12-23)37-19-9-4-10-20-37/h2,5-6,11-12,21-22,24,26,30H,3-4,7-10,13-20H2,1H3,(H,35,38). The third kappa shape index (κ3) is 8.84. The van der Waals surface area contributed by atoms with Crippen LogP contribution in [0.3, 0.4) is 0 Å². The van der Waals surface area contributed by atoms with E-state index in [0.29, 0.717) is 37.8 Å². The minimum absolute atomic E-state index is 0.00198. The average molecular weight is 643 g/mol. The quantitative estimate of drug-likeness (QED) is 0.241. The van der Waals surface area contributed by atoms with E-state index in [0.717, 1.165) is 32.1 Å². The minimum atomic E-state index is -3.85. The second-order valence-electron chi connectivity index (χ2n) is 11.5. The Bertz CT molecular complexity index is 1220. The van der Waals surface area contributed by atoms with Crippen molar-refractivity contribution in [3.63, 3.8) is 0 Å². The second kappa shape index (κ2) is 15.4. The van der Waals surface area contributed by atoms with Crippen molar-refractivity contribution in [3.05, 3.63) is 63.1 Å². The fourth-order valence-corrected chi connectivity index (χ4v) is 9.05. The van der Waals surface area contributed by atoms with Gasteiger partial charge in [0, 0.05) is 37.1 Å². The largest absolute Gasteiger partial charge is 0.353 e. The summed E-state index contributed by atoms with van der Waals surface area (Å²) < 4.78 is 27.2. The van der Waals surface area contributed by atoms with E-state index in [1.165, 1.54) is 61.4 Å². The summed E-state index contributed by atoms with van der Waals surface area (Å²) in [7, 11) is -2.34. The van der Waals surface area contributed by atoms with E-state index in [2.05, 4.69) is 40.5 Å². The van der Waals surface area contributed by atoms with Crippen LogP contribution < -0.4 is 5.32 Å². The maximum Gasteiger partial charge on any atom is 0.245 e. The van der Waals surface area contributed by atoms with Gasteiger partial charge in [-0.05, 0) is 88.1 Å². The molecule has 2 fully saturated rings. The highest BCUT2D eigenvalue weighted by Crippen LogP contribution is 2.40. The monoisotopic (exact) mass is 641 g/mol. The molecule has 1 atom stereocenters. The Hall–Kier alpha value is -1.35. The highest BCUT2D eigenvalue weighted by Gasteiger charge is 2.33. The summed E-state index contributed by atoms with van der Waals surface area (Å²) in [5.74, 6) is 0.708. The molecule has 2 aromatic carbocycles. The average Bonchev–Trinajstić information content (AvgIpc) is 2.94. The summed E-state index contributed by atoms with van der Waals surface area (Å²) >= 11 is 18.2. The Morgan fingerprint density at radius 1 is 0.951 bits per heavy atom. The Kier molecular flexibility index (Phi) is 12.2. The van der Waals surface area contributed by atoms with Gasteiger partial charge in [0.05, 0.1) is 10.0 Å². The van der Waals surface area contributed by atoms with E-state index in [1.54, 1.807) is 0 Å². The lowest BCUT2D eigenvalue weighted by Crippen LogP contribution is -2.42. The van der Waals surface area contributed by atoms with Gasteiger partial charge in [0.1, 0.15) is 4.90 Å². The van der Waals surface area contributed by atoms with E-state index < -0.39 is 10.0 Å². The number of rotatable bonds is 12. The molecule has 1 heterocycles. The first kappa shape index (κ1) is 32.6. The first-order chi connectivity index (χ1) is 19.7. The van der Waals surface area contributed by atoms with Crippen LogP contribution in [0.25, 0.3) is 0 Å². The molecule has 6 nitrogen and oxygen atoms in total. The van der Waals surface area contributed by atoms with Gasteiger partial charge in [-0.15, -0.1) is 0 Å². The second-order valence-corrected chi connectivity index (χ2v) is 14.7. The van der Waals surface area contributed by atoms with Crippen LogP contribution >= 0.6 is 34.8 Å². The number of likely N-dealkylation sites (tertiary alicyclic amines) is 1. The molecule has 41 heavy (non-hydrogen) atoms. The maximum atomic E-state index is 13.0. The minimum Gasteiger partial charge on any atom is -0.353 e. The van der Waals surface area contributed by atoms with Crippen LogP contribution in [0.15, 0.2) is 47.4 Å². The van der Waals surface area contributed by atoms with Crippen molar-refractivity contribution >= 4 is 50.7 Å². The van der Waals surface area contributed by atoms with Gasteiger partial charge >= 0.3 is 0 Å². The van der Waals surface area contributed by atoms with Gasteiger partial charge in [-0.1, -0.05) is 78.0 Å². The summed E-state index contributed by atoms with van der Waals surface area (Å²) in [5, 5.41) is 3.54. The van der Waals surface area contributed by atoms with Crippen molar-refractivity contribution in [3.8, 4) is 0 Å². The molecule has 1 amide bonds. The molecule has 2 aliphatic rings. The van der Waals surface area contributed by atoms with Gasteiger partial charge in [-0.3, -0.25) is 9.69 Å². The SMILES string of the molecule is CN(CCCCCC(=O)NC1CCC(C(c2ccccc2)N2CCCCC2)CC1)S(=O)(=O)c1c(Cl)cc(Cl)cc1Cl. The Morgan fingerprint density at radius 3 is 2.22 bits per heavy atom. The molecular formula is C31H42Cl3N3O3S. The Morgan fingerprint density at radius 2 is 1.59 bits per heavy atom. The third-order valence-corrected chi connectivity index (χ3v) is 11.5. The summed E-state index contributed by atoms with van der Waals surface area (Å²) in [4.78, 5) is 15.2. The number of nitrogens with zero attached hydrogens (tertiary/aromatic N) is 2. The maximum absolute atomic E-state index is 13.0. The topological polar surface area (TPSA) is 69.7 Å². The molecule has 1 aliphatic carbocycles. The lowest BCUT2D eigenvalue weighted by Gasteiger charge is -2.42. The molecule has 2 aromatic rings. The van der Waals surface area contributed by atoms with Crippen molar-refractivity contribution in [1.82, 2.24) is 14.5 Å². The first-order valence-corrected chi connectivity index (χ1v) is 17.4. The summed E-state index contributed by atoms with van der Waals surface area (Å²) in [6.45, 7) is 2.67. The predicted octanol–water partition coefficient (Wildman–Crippen LogP) is 7.73. The van der Waals surface area contributed by atoms with E-state index >= 15 is 0 Å². The highest BCUT2D eigenvalue weighted by atomic mass is 35.5. The number of sulfonamides is 1. The van der Waals surface area contributed by atoms with E-state index in [4.69, 9.17) is 34.8 Å². The van der Waals surface area contributed by atoms with Crippen LogP contribution in [0.4, 0.5) is 0 Å². The number of nitrogens with one attached hydrogen (secondary N) is 1. The van der Waals surface area contributed by atoms with Crippen molar-refractivity contribution in [2.45, 2.75) is 87.6 Å². The molecule has 0 aromatic heterocycles. The molecule has 1 aliphatic heterocycles. The molecule has 0 bridgehead atoms. The van der Waals surface area contributed by atoms with Gasteiger partial charge < -0.3 is 5.32 Å². The Balaban J connectivity index is 1.18. The summed E-state index contributed by atoms with van der Waals surface area (Å²) in [5.41, 5.74) is 1.43. The van der Waals surface area contributed by atoms with Gasteiger partial charge in [-0.2, -0.15) is 0 Å². The number of carbonyl (C=O) groups excluding carboxylic acids is 1. The number of benzene rings is 2. The lowest BCUT2D eigenvalue weighted by atomic mass is 9.78. The van der Waals surface area contributed by atoms with Gasteiger partial charge in [0.2, 0.25) is 15.9 Å². The van der Waals surface area contributed by atoms with Crippen LogP contribution in [0.5, 0.6) is 0 Å². The molecule has 10 heteroatoms. The van der Waals surface area contributed by atoms with Crippen LogP contribution in [0.1, 0.15) is 82.2 Å². The molecular weight excluding hydrogens is 601 g/mol. The zero-order valence-electron chi connectivity index (χ0n) is 23.8. The van der Waals surface area contributed by atoms with Crippen LogP contribution in [0, 0.1) is 5.92 Å². The number of carbonyl (C=O) groups is 1. The molecule has 226 valence electrons. The molecule has 1 N–H and O–H groups in total. The van der Waals surface area contributed by atoms with Crippen molar-refractivity contribution in [2.75, 3.05) is 26.7 Å². The van der Waals surface area contributed by atoms with Crippen molar-refractivity contribution < 1.29 is 13.2 Å². The van der Waals surface area contributed by atoms with E-state index in [9.17, 15) is 13.2 Å². The van der Waals surface area contributed by atoms with Crippen molar-refractivity contribution in [1.29, 1.82) is 0 Å². The molecule has 1 saturated carbocycles. The molecule has 4 rings (SSSR count). The van der Waals surface area contributed by atoms with E-state index in [-0.39, 0.29) is 31.9 Å². The fraction of sp³-hybridized carbons (Fsp3) is 0.581. The van der Waals surface area contributed by atoms with Crippen molar-refractivity contribution in [2.24, 2.45) is 5.92 Å². The smallest absolute Gasteiger partial charge is 0.245 e. The molecule has 1 saturated heterocycles. The van der Waals surface area contributed by atoms with Crippen LogP contribution in [0.2, 0.25) is 15.1 Å². The van der Waals surface area contributed by atoms with Crippen LogP contribution in [-0.2, 0) is 14.8 Å². The number of piperidine rings is 1. The summed E-state index contributed by atoms with van der Waals surface area (Å²) in [6.07, 6.45) is 10.7. The van der Waals surface area contributed by atoms with E-state index in [1.807, 2.05) is 0 Å². The van der Waals surface area contributed by atoms with Crippen LogP contribution in [-0.4, -0.2) is 56.3 Å². The number of amides is 1. The zero-order valence-corrected chi connectivity index (χ0v) is 26.9. The highest BCUT2D eigenvalue weighted by molar-refractivity contribution is 7.89. The Labute approximate surface area is 260 Å². The molecule has 1 unspecified atom stereocenters. The third-order valence-electron chi connectivity index (χ3n) is 8.52. The van der Waals surface area contributed by atoms with Gasteiger partial charge in [-0.25, -0.2) is 12.7 Å². The number of halogens is 3. The normalized spacial score (nSPS) is 21.1. The fourth-order valence-electron chi connectivity index (χ4n) is 6.36. The lowest BCUT2D eigenvalue weighted by molar-refractivity contribution is -0.122. The zero-order chi connectivity index (χ0) is 29.4. The first-order valence-electron chi connectivity index (χ1n) is 14.9. The number of hydrogen-bond acceptors (Lipinski definition) is 4. The summed E-state index contributed by atoms with van der Waals surface area (Å²) in [6, 6.07) is 14.4. The number of unbranched alkanes of at least 4 members (excludes halogenated alkanes) is 2. The molecule has 0 radical (unpaired) electrons.